The smallest absolute Gasteiger partial charge is 0.253 e. The highest BCUT2D eigenvalue weighted by atomic mass is 35.5. The Bertz CT molecular complexity index is 1230. The number of hydrogen-bond donors (Lipinski definition) is 2. The summed E-state index contributed by atoms with van der Waals surface area (Å²) in [7, 11) is 0. The lowest BCUT2D eigenvalue weighted by atomic mass is 10.0. The number of para-hydroxylation sites is 1. The normalized spacial score (nSPS) is 11.8. The van der Waals surface area contributed by atoms with Gasteiger partial charge in [-0.2, -0.15) is 0 Å². The van der Waals surface area contributed by atoms with Gasteiger partial charge in [-0.15, -0.1) is 16.8 Å². The van der Waals surface area contributed by atoms with Crippen LogP contribution < -0.4 is 10.6 Å². The minimum absolute atomic E-state index is 0.00000420. The molecule has 0 saturated carbocycles. The van der Waals surface area contributed by atoms with Crippen LogP contribution in [0.15, 0.2) is 60.3 Å². The number of halogens is 2. The van der Waals surface area contributed by atoms with Crippen LogP contribution in [-0.4, -0.2) is 32.3 Å². The van der Waals surface area contributed by atoms with Crippen molar-refractivity contribution in [2.45, 2.75) is 38.5 Å². The second-order valence-corrected chi connectivity index (χ2v) is 10.00. The fourth-order valence-corrected chi connectivity index (χ4v) is 4.64. The summed E-state index contributed by atoms with van der Waals surface area (Å²) in [5.74, 6) is 0.235. The maximum atomic E-state index is 13.0. The summed E-state index contributed by atoms with van der Waals surface area (Å²) in [5.41, 5.74) is 2.08. The van der Waals surface area contributed by atoms with Crippen molar-refractivity contribution in [2.24, 2.45) is 5.92 Å². The number of anilines is 1. The Balaban J connectivity index is 1.78. The summed E-state index contributed by atoms with van der Waals surface area (Å²) >= 11 is 13.5. The molecule has 2 N–H and O–H groups in total. The Morgan fingerprint density at radius 2 is 1.91 bits per heavy atom. The summed E-state index contributed by atoms with van der Waals surface area (Å²) in [6, 6.07) is 11.9. The first-order valence-electron chi connectivity index (χ1n) is 11.0. The van der Waals surface area contributed by atoms with Crippen LogP contribution in [0.5, 0.6) is 0 Å². The first-order valence-corrected chi connectivity index (χ1v) is 12.7. The highest BCUT2D eigenvalue weighted by Gasteiger charge is 2.27. The van der Waals surface area contributed by atoms with Crippen LogP contribution in [0, 0.1) is 12.8 Å². The molecule has 1 atom stereocenters. The Morgan fingerprint density at radius 3 is 2.57 bits per heavy atom. The topological polar surface area (TPSA) is 88.9 Å². The van der Waals surface area contributed by atoms with Crippen LogP contribution in [0.4, 0.5) is 5.69 Å². The molecule has 0 spiro atoms. The van der Waals surface area contributed by atoms with E-state index in [1.807, 2.05) is 49.6 Å². The van der Waals surface area contributed by atoms with Gasteiger partial charge in [-0.05, 0) is 42.7 Å². The molecule has 7 nitrogen and oxygen atoms in total. The van der Waals surface area contributed by atoms with Crippen molar-refractivity contribution in [2.75, 3.05) is 11.1 Å². The Hall–Kier alpha value is -2.81. The number of allylic oxidation sites excluding steroid dienone is 1. The summed E-state index contributed by atoms with van der Waals surface area (Å²) in [6.07, 6.45) is 1.72. The Morgan fingerprint density at radius 1 is 1.17 bits per heavy atom. The lowest BCUT2D eigenvalue weighted by Crippen LogP contribution is -2.34. The molecule has 0 saturated heterocycles. The number of carbonyl (C=O) groups is 2. The van der Waals surface area contributed by atoms with Crippen molar-refractivity contribution in [1.82, 2.24) is 20.1 Å². The second kappa shape index (κ2) is 12.2. The summed E-state index contributed by atoms with van der Waals surface area (Å²) < 4.78 is 1.85. The van der Waals surface area contributed by atoms with Gasteiger partial charge < -0.3 is 15.2 Å². The largest absolute Gasteiger partial charge is 0.342 e. The molecule has 35 heavy (non-hydrogen) atoms. The molecular weight excluding hydrogens is 505 g/mol. The zero-order valence-corrected chi connectivity index (χ0v) is 22.0. The van der Waals surface area contributed by atoms with Gasteiger partial charge in [0.05, 0.1) is 22.4 Å². The van der Waals surface area contributed by atoms with Crippen molar-refractivity contribution in [3.8, 4) is 0 Å². The van der Waals surface area contributed by atoms with Crippen LogP contribution in [0.1, 0.15) is 41.6 Å². The van der Waals surface area contributed by atoms with Gasteiger partial charge in [-0.1, -0.05) is 73.1 Å². The number of hydrogen-bond acceptors (Lipinski definition) is 5. The molecule has 0 fully saturated rings. The van der Waals surface area contributed by atoms with Crippen LogP contribution in [0.25, 0.3) is 0 Å². The Labute approximate surface area is 219 Å². The third kappa shape index (κ3) is 6.87. The van der Waals surface area contributed by atoms with Crippen LogP contribution in [0.3, 0.4) is 0 Å². The molecule has 10 heteroatoms. The number of thioether (sulfide) groups is 1. The molecular formula is C25H27Cl2N5O2S. The molecule has 1 heterocycles. The van der Waals surface area contributed by atoms with E-state index in [4.69, 9.17) is 23.2 Å². The molecule has 1 aromatic heterocycles. The van der Waals surface area contributed by atoms with Crippen LogP contribution in [0.2, 0.25) is 10.0 Å². The quantitative estimate of drug-likeness (QED) is 0.249. The van der Waals surface area contributed by atoms with Gasteiger partial charge >= 0.3 is 0 Å². The lowest BCUT2D eigenvalue weighted by molar-refractivity contribution is -0.113. The highest BCUT2D eigenvalue weighted by molar-refractivity contribution is 7.99. The fourth-order valence-electron chi connectivity index (χ4n) is 3.39. The van der Waals surface area contributed by atoms with Gasteiger partial charge in [-0.25, -0.2) is 0 Å². The minimum Gasteiger partial charge on any atom is -0.342 e. The summed E-state index contributed by atoms with van der Waals surface area (Å²) in [4.78, 5) is 25.5. The number of amides is 2. The molecule has 3 aromatic rings. The number of nitrogens with zero attached hydrogens (tertiary/aromatic N) is 3. The average molecular weight is 532 g/mol. The van der Waals surface area contributed by atoms with Gasteiger partial charge in [0.15, 0.2) is 11.0 Å². The summed E-state index contributed by atoms with van der Waals surface area (Å²) in [5, 5.41) is 15.9. The zero-order chi connectivity index (χ0) is 25.5. The van der Waals surface area contributed by atoms with E-state index < -0.39 is 6.04 Å². The van der Waals surface area contributed by atoms with Crippen molar-refractivity contribution in [3.05, 3.63) is 82.1 Å². The molecule has 3 rings (SSSR count). The van der Waals surface area contributed by atoms with Crippen molar-refractivity contribution in [3.63, 3.8) is 0 Å². The number of rotatable bonds is 10. The third-order valence-electron chi connectivity index (χ3n) is 5.22. The number of aryl methyl sites for hydroxylation is 1. The molecule has 2 aromatic carbocycles. The molecule has 0 aliphatic carbocycles. The number of aromatic nitrogens is 3. The van der Waals surface area contributed by atoms with E-state index in [1.165, 1.54) is 17.8 Å². The maximum Gasteiger partial charge on any atom is 0.253 e. The van der Waals surface area contributed by atoms with E-state index in [0.717, 1.165) is 11.3 Å². The standard InChI is InChI=1S/C25H27Cl2N5O2S/c1-5-12-32-23(22(15(2)3)29-24(34)18-11-10-17(26)13-19(18)27)30-31-25(32)35-14-21(33)28-20-9-7-6-8-16(20)4/h5-11,13,15,22H,1,12,14H2,2-4H3,(H,28,33)(H,29,34)/t22-/m0/s1. The van der Waals surface area contributed by atoms with Crippen molar-refractivity contribution < 1.29 is 9.59 Å². The molecule has 2 amide bonds. The number of carbonyl (C=O) groups excluding carboxylic acids is 2. The van der Waals surface area contributed by atoms with E-state index in [-0.39, 0.29) is 28.5 Å². The molecule has 184 valence electrons. The van der Waals surface area contributed by atoms with Crippen LogP contribution >= 0.6 is 35.0 Å². The third-order valence-corrected chi connectivity index (χ3v) is 6.73. The molecule has 0 bridgehead atoms. The van der Waals surface area contributed by atoms with Gasteiger partial charge in [0.2, 0.25) is 5.91 Å². The number of benzene rings is 2. The van der Waals surface area contributed by atoms with E-state index in [9.17, 15) is 9.59 Å². The Kier molecular flexibility index (Phi) is 9.37. The van der Waals surface area contributed by atoms with Gasteiger partial charge in [0, 0.05) is 17.3 Å². The van der Waals surface area contributed by atoms with Crippen LogP contribution in [-0.2, 0) is 11.3 Å². The predicted molar refractivity (Wildman–Crippen MR) is 142 cm³/mol. The first kappa shape index (κ1) is 26.8. The molecule has 0 unspecified atom stereocenters. The fraction of sp³-hybridized carbons (Fsp3) is 0.280. The summed E-state index contributed by atoms with van der Waals surface area (Å²) in [6.45, 7) is 10.1. The van der Waals surface area contributed by atoms with E-state index in [2.05, 4.69) is 27.4 Å². The van der Waals surface area contributed by atoms with E-state index in [1.54, 1.807) is 18.2 Å². The maximum absolute atomic E-state index is 13.0. The molecule has 0 radical (unpaired) electrons. The van der Waals surface area contributed by atoms with Gasteiger partial charge in [0.25, 0.3) is 5.91 Å². The lowest BCUT2D eigenvalue weighted by Gasteiger charge is -2.23. The van der Waals surface area contributed by atoms with Crippen molar-refractivity contribution in [1.29, 1.82) is 0 Å². The zero-order valence-electron chi connectivity index (χ0n) is 19.7. The van der Waals surface area contributed by atoms with E-state index >= 15 is 0 Å². The first-order chi connectivity index (χ1) is 16.7. The second-order valence-electron chi connectivity index (χ2n) is 8.21. The van der Waals surface area contributed by atoms with Crippen molar-refractivity contribution >= 4 is 52.5 Å². The minimum atomic E-state index is -0.447. The highest BCUT2D eigenvalue weighted by Crippen LogP contribution is 2.27. The molecule has 0 aliphatic heterocycles. The van der Waals surface area contributed by atoms with Gasteiger partial charge in [0.1, 0.15) is 0 Å². The monoisotopic (exact) mass is 531 g/mol. The van der Waals surface area contributed by atoms with E-state index in [0.29, 0.717) is 28.1 Å². The molecule has 0 aliphatic rings. The average Bonchev–Trinajstić information content (AvgIpc) is 3.19. The SMILES string of the molecule is C=CCn1c(SCC(=O)Nc2ccccc2C)nnc1[C@@H](NC(=O)c1ccc(Cl)cc1Cl)C(C)C. The predicted octanol–water partition coefficient (Wildman–Crippen LogP) is 5.94. The number of nitrogens with one attached hydrogen (secondary N) is 2. The van der Waals surface area contributed by atoms with Gasteiger partial charge in [-0.3, -0.25) is 9.59 Å².